The second kappa shape index (κ2) is 5.32. The number of nitrogens with two attached hydrogens (primary N) is 1. The second-order valence-corrected chi connectivity index (χ2v) is 6.10. The smallest absolute Gasteiger partial charge is 0.364 e. The summed E-state index contributed by atoms with van der Waals surface area (Å²) < 4.78 is 34.4. The Labute approximate surface area is 128 Å². The Morgan fingerprint density at radius 3 is 2.32 bits per heavy atom. The minimum absolute atomic E-state index is 0.356. The standard InChI is InChI=1S/C16H14N2O3S/c17-13-9-10-15-12(11-13)5-4-8-16(15)18(22(19,20)21)14-6-2-1-3-7-14/h1-11H,17H2,(H,19,20,21). The lowest BCUT2D eigenvalue weighted by atomic mass is 10.1. The van der Waals surface area contributed by atoms with Crippen LogP contribution in [0.3, 0.4) is 0 Å². The highest BCUT2D eigenvalue weighted by Gasteiger charge is 2.23. The summed E-state index contributed by atoms with van der Waals surface area (Å²) in [5, 5.41) is 1.47. The van der Waals surface area contributed by atoms with E-state index >= 15 is 0 Å². The molecule has 0 heterocycles. The molecule has 0 saturated carbocycles. The molecule has 0 atom stereocenters. The summed E-state index contributed by atoms with van der Waals surface area (Å²) in [5.74, 6) is 0. The quantitative estimate of drug-likeness (QED) is 0.573. The molecule has 0 fully saturated rings. The maximum absolute atomic E-state index is 11.9. The number of rotatable bonds is 3. The van der Waals surface area contributed by atoms with E-state index in [1.165, 1.54) is 0 Å². The number of benzene rings is 3. The number of para-hydroxylation sites is 1. The maximum atomic E-state index is 11.9. The first-order valence-corrected chi connectivity index (χ1v) is 7.97. The Balaban J connectivity index is 2.30. The minimum atomic E-state index is -4.47. The molecule has 0 aliphatic rings. The van der Waals surface area contributed by atoms with Crippen LogP contribution < -0.4 is 10.0 Å². The van der Waals surface area contributed by atoms with Crippen molar-refractivity contribution in [2.24, 2.45) is 0 Å². The molecule has 5 nitrogen and oxygen atoms in total. The van der Waals surface area contributed by atoms with Crippen molar-refractivity contribution >= 4 is 38.1 Å². The average molecular weight is 314 g/mol. The van der Waals surface area contributed by atoms with Crippen molar-refractivity contribution in [3.63, 3.8) is 0 Å². The van der Waals surface area contributed by atoms with Gasteiger partial charge in [-0.05, 0) is 35.7 Å². The van der Waals surface area contributed by atoms with E-state index in [1.54, 1.807) is 60.7 Å². The van der Waals surface area contributed by atoms with E-state index in [4.69, 9.17) is 5.73 Å². The van der Waals surface area contributed by atoms with E-state index in [9.17, 15) is 13.0 Å². The summed E-state index contributed by atoms with van der Waals surface area (Å²) in [6.07, 6.45) is 0. The highest BCUT2D eigenvalue weighted by Crippen LogP contribution is 2.34. The molecule has 0 aliphatic heterocycles. The van der Waals surface area contributed by atoms with Crippen LogP contribution in [-0.4, -0.2) is 13.0 Å². The van der Waals surface area contributed by atoms with Gasteiger partial charge < -0.3 is 5.73 Å². The summed E-state index contributed by atoms with van der Waals surface area (Å²) in [6.45, 7) is 0. The molecular weight excluding hydrogens is 300 g/mol. The zero-order valence-corrected chi connectivity index (χ0v) is 12.4. The topological polar surface area (TPSA) is 83.6 Å². The largest absolute Gasteiger partial charge is 0.399 e. The number of hydrogen-bond donors (Lipinski definition) is 2. The van der Waals surface area contributed by atoms with Crippen LogP contribution in [0.15, 0.2) is 66.7 Å². The molecule has 3 rings (SSSR count). The zero-order chi connectivity index (χ0) is 15.7. The first-order chi connectivity index (χ1) is 10.5. The monoisotopic (exact) mass is 314 g/mol. The molecule has 0 spiro atoms. The van der Waals surface area contributed by atoms with Gasteiger partial charge in [-0.25, -0.2) is 4.31 Å². The Morgan fingerprint density at radius 1 is 0.909 bits per heavy atom. The average Bonchev–Trinajstić information content (AvgIpc) is 2.47. The Hall–Kier alpha value is -2.57. The van der Waals surface area contributed by atoms with Crippen molar-refractivity contribution in [3.8, 4) is 0 Å². The Morgan fingerprint density at radius 2 is 1.64 bits per heavy atom. The Bertz CT molecular complexity index is 925. The van der Waals surface area contributed by atoms with Gasteiger partial charge in [0.25, 0.3) is 0 Å². The fourth-order valence-corrected chi connectivity index (χ4v) is 3.22. The van der Waals surface area contributed by atoms with E-state index in [1.807, 2.05) is 6.07 Å². The van der Waals surface area contributed by atoms with E-state index in [2.05, 4.69) is 0 Å². The molecule has 0 aliphatic carbocycles. The van der Waals surface area contributed by atoms with Gasteiger partial charge in [0.2, 0.25) is 0 Å². The lowest BCUT2D eigenvalue weighted by Gasteiger charge is -2.22. The molecule has 3 N–H and O–H groups in total. The fourth-order valence-electron chi connectivity index (χ4n) is 2.42. The van der Waals surface area contributed by atoms with Gasteiger partial charge in [-0.1, -0.05) is 36.4 Å². The lowest BCUT2D eigenvalue weighted by Crippen LogP contribution is -2.25. The molecule has 0 saturated heterocycles. The van der Waals surface area contributed by atoms with Crippen LogP contribution in [0.4, 0.5) is 17.1 Å². The fraction of sp³-hybridized carbons (Fsp3) is 0. The molecule has 0 unspecified atom stereocenters. The molecule has 3 aromatic rings. The highest BCUT2D eigenvalue weighted by molar-refractivity contribution is 7.87. The third kappa shape index (κ3) is 2.61. The summed E-state index contributed by atoms with van der Waals surface area (Å²) in [7, 11) is -4.47. The van der Waals surface area contributed by atoms with E-state index in [0.29, 0.717) is 22.4 Å². The van der Waals surface area contributed by atoms with Gasteiger partial charge in [-0.2, -0.15) is 8.42 Å². The lowest BCUT2D eigenvalue weighted by molar-refractivity contribution is 0.483. The number of hydrogen-bond acceptors (Lipinski definition) is 3. The van der Waals surface area contributed by atoms with Crippen LogP contribution in [0, 0.1) is 0 Å². The van der Waals surface area contributed by atoms with E-state index in [0.717, 1.165) is 9.69 Å². The van der Waals surface area contributed by atoms with Gasteiger partial charge in [0.05, 0.1) is 11.4 Å². The minimum Gasteiger partial charge on any atom is -0.399 e. The van der Waals surface area contributed by atoms with Crippen molar-refractivity contribution in [1.82, 2.24) is 0 Å². The van der Waals surface area contributed by atoms with Crippen LogP contribution in [0.2, 0.25) is 0 Å². The molecular formula is C16H14N2O3S. The molecule has 112 valence electrons. The molecule has 0 bridgehead atoms. The molecule has 0 aromatic heterocycles. The van der Waals surface area contributed by atoms with Gasteiger partial charge in [-0.15, -0.1) is 0 Å². The molecule has 0 radical (unpaired) electrons. The third-order valence-corrected chi connectivity index (χ3v) is 4.19. The van der Waals surface area contributed by atoms with Crippen LogP contribution in [-0.2, 0) is 10.3 Å². The normalized spacial score (nSPS) is 11.5. The van der Waals surface area contributed by atoms with Gasteiger partial charge in [0.15, 0.2) is 0 Å². The van der Waals surface area contributed by atoms with E-state index < -0.39 is 10.3 Å². The van der Waals surface area contributed by atoms with Crippen LogP contribution in [0.1, 0.15) is 0 Å². The molecule has 22 heavy (non-hydrogen) atoms. The van der Waals surface area contributed by atoms with Gasteiger partial charge >= 0.3 is 10.3 Å². The van der Waals surface area contributed by atoms with Crippen LogP contribution in [0.5, 0.6) is 0 Å². The van der Waals surface area contributed by atoms with Crippen molar-refractivity contribution in [2.45, 2.75) is 0 Å². The third-order valence-electron chi connectivity index (χ3n) is 3.32. The first-order valence-electron chi connectivity index (χ1n) is 6.58. The molecule has 6 heteroatoms. The summed E-state index contributed by atoms with van der Waals surface area (Å²) in [5.41, 5.74) is 7.07. The van der Waals surface area contributed by atoms with Crippen molar-refractivity contribution in [1.29, 1.82) is 0 Å². The summed E-state index contributed by atoms with van der Waals surface area (Å²) in [4.78, 5) is 0. The zero-order valence-electron chi connectivity index (χ0n) is 11.5. The van der Waals surface area contributed by atoms with Gasteiger partial charge in [-0.3, -0.25) is 4.55 Å². The predicted molar refractivity (Wildman–Crippen MR) is 88.5 cm³/mol. The van der Waals surface area contributed by atoms with Gasteiger partial charge in [0.1, 0.15) is 0 Å². The van der Waals surface area contributed by atoms with E-state index in [-0.39, 0.29) is 0 Å². The summed E-state index contributed by atoms with van der Waals surface area (Å²) >= 11 is 0. The van der Waals surface area contributed by atoms with Crippen molar-refractivity contribution in [2.75, 3.05) is 10.0 Å². The number of anilines is 3. The van der Waals surface area contributed by atoms with Gasteiger partial charge in [0, 0.05) is 11.1 Å². The number of fused-ring (bicyclic) bond motifs is 1. The maximum Gasteiger partial charge on any atom is 0.364 e. The highest BCUT2D eigenvalue weighted by atomic mass is 32.2. The Kier molecular flexibility index (Phi) is 3.48. The number of nitrogens with zero attached hydrogens (tertiary/aromatic N) is 1. The molecule has 0 amide bonds. The van der Waals surface area contributed by atoms with Crippen molar-refractivity contribution in [3.05, 3.63) is 66.7 Å². The van der Waals surface area contributed by atoms with Crippen LogP contribution >= 0.6 is 0 Å². The molecule has 3 aromatic carbocycles. The predicted octanol–water partition coefficient (Wildman–Crippen LogP) is 3.36. The van der Waals surface area contributed by atoms with Crippen LogP contribution in [0.25, 0.3) is 10.8 Å². The SMILES string of the molecule is Nc1ccc2c(N(c3ccccc3)S(=O)(=O)O)cccc2c1. The summed E-state index contributed by atoms with van der Waals surface area (Å²) in [6, 6.07) is 18.8. The first kappa shape index (κ1) is 14.4. The number of nitrogen functional groups attached to an aromatic ring is 1. The van der Waals surface area contributed by atoms with Crippen molar-refractivity contribution < 1.29 is 13.0 Å². The second-order valence-electron chi connectivity index (χ2n) is 4.84.